The molecule has 12 N–H and O–H groups in total. The van der Waals surface area contributed by atoms with Crippen molar-refractivity contribution in [1.82, 2.24) is 16.0 Å². The minimum atomic E-state index is -1.20. The van der Waals surface area contributed by atoms with Crippen LogP contribution >= 0.6 is 11.8 Å². The molecule has 0 rings (SSSR count). The molecule has 0 aromatic rings. The van der Waals surface area contributed by atoms with Gasteiger partial charge in [0.1, 0.15) is 18.6 Å². The summed E-state index contributed by atoms with van der Waals surface area (Å²) in [4.78, 5) is 52.4. The summed E-state index contributed by atoms with van der Waals surface area (Å²) >= 11 is 1.47. The second kappa shape index (κ2) is 17.9. The van der Waals surface area contributed by atoms with Crippen molar-refractivity contribution < 1.29 is 24.3 Å². The number of unbranched alkanes of at least 4 members (excludes halogenated alkanes) is 1. The van der Waals surface area contributed by atoms with Crippen molar-refractivity contribution in [2.45, 2.75) is 56.7 Å². The number of carbonyl (C=O) groups is 4. The van der Waals surface area contributed by atoms with Gasteiger partial charge < -0.3 is 44.0 Å². The van der Waals surface area contributed by atoms with Gasteiger partial charge in [-0.2, -0.15) is 11.8 Å². The normalized spacial score (nSPS) is 13.3. The largest absolute Gasteiger partial charge is 0.480 e. The van der Waals surface area contributed by atoms with Gasteiger partial charge >= 0.3 is 5.97 Å². The lowest BCUT2D eigenvalue weighted by Gasteiger charge is -2.24. The number of nitrogens with zero attached hydrogens (tertiary/aromatic N) is 1. The average Bonchev–Trinajstić information content (AvgIpc) is 2.76. The van der Waals surface area contributed by atoms with Gasteiger partial charge in [0.2, 0.25) is 17.7 Å². The average molecular weight is 491 g/mol. The second-order valence-corrected chi connectivity index (χ2v) is 8.34. The van der Waals surface area contributed by atoms with Crippen LogP contribution in [0.3, 0.4) is 0 Å². The predicted octanol–water partition coefficient (Wildman–Crippen LogP) is -2.58. The minimum Gasteiger partial charge on any atom is -0.480 e. The number of amides is 3. The van der Waals surface area contributed by atoms with E-state index in [-0.39, 0.29) is 25.3 Å². The third kappa shape index (κ3) is 15.0. The van der Waals surface area contributed by atoms with Crippen molar-refractivity contribution in [3.63, 3.8) is 0 Å². The lowest BCUT2D eigenvalue weighted by molar-refractivity contribution is -0.138. The summed E-state index contributed by atoms with van der Waals surface area (Å²) in [5.74, 6) is -2.44. The number of guanidine groups is 1. The Balaban J connectivity index is 5.25. The van der Waals surface area contributed by atoms with Crippen LogP contribution in [0.1, 0.15) is 38.5 Å². The lowest BCUT2D eigenvalue weighted by atomic mass is 10.1. The van der Waals surface area contributed by atoms with Gasteiger partial charge in [0.15, 0.2) is 5.96 Å². The first-order valence-electron chi connectivity index (χ1n) is 10.7. The Morgan fingerprint density at radius 2 is 1.58 bits per heavy atom. The van der Waals surface area contributed by atoms with E-state index in [0.29, 0.717) is 31.6 Å². The molecule has 190 valence electrons. The summed E-state index contributed by atoms with van der Waals surface area (Å²) in [5, 5.41) is 16.3. The Labute approximate surface area is 198 Å². The number of carboxylic acids is 1. The van der Waals surface area contributed by atoms with Gasteiger partial charge in [-0.15, -0.1) is 0 Å². The molecule has 14 heteroatoms. The molecule has 3 unspecified atom stereocenters. The molecule has 0 aliphatic rings. The Kier molecular flexibility index (Phi) is 16.5. The minimum absolute atomic E-state index is 0.0887. The number of nitrogens with one attached hydrogen (secondary N) is 3. The lowest BCUT2D eigenvalue weighted by Crippen LogP contribution is -2.56. The number of rotatable bonds is 18. The van der Waals surface area contributed by atoms with Crippen LogP contribution in [0.5, 0.6) is 0 Å². The van der Waals surface area contributed by atoms with Gasteiger partial charge in [0.25, 0.3) is 0 Å². The van der Waals surface area contributed by atoms with Gasteiger partial charge in [0, 0.05) is 6.54 Å². The molecular weight excluding hydrogens is 452 g/mol. The SMILES string of the molecule is CSCCC(NC(=O)C(CCCN=C(N)N)NC(=O)C(N)CCCCN)C(=O)NCC(=O)O. The van der Waals surface area contributed by atoms with Crippen molar-refractivity contribution in [3.8, 4) is 0 Å². The standard InChI is InChI=1S/C19H38N8O5S/c1-33-10-7-14(17(31)25-11-15(28)29)27-18(32)13(6-4-9-24-19(22)23)26-16(30)12(21)5-2-3-8-20/h12-14H,2-11,20-21H2,1H3,(H,25,31)(H,26,30)(H,27,32)(H,28,29)(H4,22,23,24). The molecule has 0 aromatic carbocycles. The molecule has 33 heavy (non-hydrogen) atoms. The van der Waals surface area contributed by atoms with Crippen molar-refractivity contribution in [2.75, 3.05) is 31.6 Å². The first-order chi connectivity index (χ1) is 15.6. The number of aliphatic imine (C=N–C) groups is 1. The number of aliphatic carboxylic acids is 1. The summed E-state index contributed by atoms with van der Waals surface area (Å²) in [6.07, 6.45) is 4.53. The van der Waals surface area contributed by atoms with E-state index in [4.69, 9.17) is 28.0 Å². The zero-order valence-electron chi connectivity index (χ0n) is 19.0. The zero-order valence-corrected chi connectivity index (χ0v) is 19.9. The summed E-state index contributed by atoms with van der Waals surface area (Å²) in [7, 11) is 0. The van der Waals surface area contributed by atoms with E-state index >= 15 is 0 Å². The number of carbonyl (C=O) groups excluding carboxylic acids is 3. The number of nitrogens with two attached hydrogens (primary N) is 4. The molecular formula is C19H38N8O5S. The smallest absolute Gasteiger partial charge is 0.322 e. The van der Waals surface area contributed by atoms with Gasteiger partial charge in [-0.3, -0.25) is 24.2 Å². The fourth-order valence-corrected chi connectivity index (χ4v) is 3.22. The Bertz CT molecular complexity index is 660. The first kappa shape index (κ1) is 30.4. The van der Waals surface area contributed by atoms with Gasteiger partial charge in [0.05, 0.1) is 6.04 Å². The highest BCUT2D eigenvalue weighted by atomic mass is 32.2. The third-order valence-corrected chi connectivity index (χ3v) is 5.19. The van der Waals surface area contributed by atoms with Crippen molar-refractivity contribution in [3.05, 3.63) is 0 Å². The molecule has 0 heterocycles. The van der Waals surface area contributed by atoms with Crippen LogP contribution in [0.15, 0.2) is 4.99 Å². The summed E-state index contributed by atoms with van der Waals surface area (Å²) in [5.41, 5.74) is 22.0. The molecule has 0 bridgehead atoms. The summed E-state index contributed by atoms with van der Waals surface area (Å²) in [6, 6.07) is -2.74. The maximum absolute atomic E-state index is 12.9. The number of thioether (sulfide) groups is 1. The Hall–Kier alpha value is -2.58. The molecule has 0 radical (unpaired) electrons. The predicted molar refractivity (Wildman–Crippen MR) is 128 cm³/mol. The topological polar surface area (TPSA) is 241 Å². The Morgan fingerprint density at radius 3 is 2.15 bits per heavy atom. The fourth-order valence-electron chi connectivity index (χ4n) is 2.75. The van der Waals surface area contributed by atoms with E-state index in [2.05, 4.69) is 20.9 Å². The molecule has 0 fully saturated rings. The zero-order chi connectivity index (χ0) is 25.2. The quantitative estimate of drug-likeness (QED) is 0.0566. The molecule has 0 saturated carbocycles. The van der Waals surface area contributed by atoms with Crippen LogP contribution in [0.25, 0.3) is 0 Å². The molecule has 0 spiro atoms. The van der Waals surface area contributed by atoms with Crippen molar-refractivity contribution in [2.24, 2.45) is 27.9 Å². The number of hydrogen-bond donors (Lipinski definition) is 8. The molecule has 0 aliphatic heterocycles. The summed E-state index contributed by atoms with van der Waals surface area (Å²) in [6.45, 7) is 0.173. The fraction of sp³-hybridized carbons (Fsp3) is 0.737. The van der Waals surface area contributed by atoms with Gasteiger partial charge in [-0.05, 0) is 50.7 Å². The van der Waals surface area contributed by atoms with Crippen LogP contribution in [0, 0.1) is 0 Å². The van der Waals surface area contributed by atoms with E-state index in [1.807, 2.05) is 6.26 Å². The Morgan fingerprint density at radius 1 is 0.939 bits per heavy atom. The monoisotopic (exact) mass is 490 g/mol. The van der Waals surface area contributed by atoms with E-state index < -0.39 is 48.4 Å². The highest BCUT2D eigenvalue weighted by Gasteiger charge is 2.27. The first-order valence-corrected chi connectivity index (χ1v) is 12.1. The molecule has 0 saturated heterocycles. The van der Waals surface area contributed by atoms with Gasteiger partial charge in [-0.25, -0.2) is 0 Å². The van der Waals surface area contributed by atoms with E-state index in [1.165, 1.54) is 11.8 Å². The van der Waals surface area contributed by atoms with Crippen molar-refractivity contribution >= 4 is 41.4 Å². The van der Waals surface area contributed by atoms with E-state index in [9.17, 15) is 19.2 Å². The molecule has 3 amide bonds. The molecule has 3 atom stereocenters. The number of hydrogen-bond acceptors (Lipinski definition) is 8. The third-order valence-electron chi connectivity index (χ3n) is 4.54. The van der Waals surface area contributed by atoms with Gasteiger partial charge in [-0.1, -0.05) is 6.42 Å². The van der Waals surface area contributed by atoms with Crippen LogP contribution < -0.4 is 38.9 Å². The number of carboxylic acid groups (broad SMARTS) is 1. The molecule has 0 aromatic heterocycles. The van der Waals surface area contributed by atoms with Crippen molar-refractivity contribution in [1.29, 1.82) is 0 Å². The van der Waals surface area contributed by atoms with Crippen LogP contribution in [-0.2, 0) is 19.2 Å². The highest BCUT2D eigenvalue weighted by Crippen LogP contribution is 2.06. The van der Waals surface area contributed by atoms with E-state index in [1.54, 1.807) is 0 Å². The maximum Gasteiger partial charge on any atom is 0.322 e. The maximum atomic E-state index is 12.9. The molecule has 0 aliphatic carbocycles. The van der Waals surface area contributed by atoms with Crippen LogP contribution in [-0.4, -0.2) is 84.5 Å². The van der Waals surface area contributed by atoms with Crippen LogP contribution in [0.4, 0.5) is 0 Å². The van der Waals surface area contributed by atoms with Crippen LogP contribution in [0.2, 0.25) is 0 Å². The van der Waals surface area contributed by atoms with E-state index in [0.717, 1.165) is 6.42 Å². The summed E-state index contributed by atoms with van der Waals surface area (Å²) < 4.78 is 0. The highest BCUT2D eigenvalue weighted by molar-refractivity contribution is 7.98. The second-order valence-electron chi connectivity index (χ2n) is 7.36. The molecule has 13 nitrogen and oxygen atoms in total.